The molecule has 0 aromatic carbocycles. The number of rotatable bonds is 5. The lowest BCUT2D eigenvalue weighted by atomic mass is 10.2. The van der Waals surface area contributed by atoms with Crippen LogP contribution in [0.5, 0.6) is 5.88 Å². The zero-order chi connectivity index (χ0) is 13.0. The van der Waals surface area contributed by atoms with Crippen LogP contribution in [-0.2, 0) is 0 Å². The van der Waals surface area contributed by atoms with E-state index in [0.717, 1.165) is 5.76 Å². The van der Waals surface area contributed by atoms with E-state index in [9.17, 15) is 0 Å². The van der Waals surface area contributed by atoms with E-state index in [0.29, 0.717) is 11.7 Å². The van der Waals surface area contributed by atoms with Gasteiger partial charge in [-0.05, 0) is 32.9 Å². The van der Waals surface area contributed by atoms with Crippen LogP contribution < -0.4 is 10.1 Å². The van der Waals surface area contributed by atoms with Gasteiger partial charge in [-0.1, -0.05) is 0 Å². The first-order valence-corrected chi connectivity index (χ1v) is 5.94. The minimum absolute atomic E-state index is 0.0433. The van der Waals surface area contributed by atoms with Crippen LogP contribution in [0.25, 0.3) is 0 Å². The summed E-state index contributed by atoms with van der Waals surface area (Å²) in [7, 11) is 0. The predicted octanol–water partition coefficient (Wildman–Crippen LogP) is 3.03. The van der Waals surface area contributed by atoms with Crippen molar-refractivity contribution >= 4 is 5.82 Å². The number of furan rings is 1. The molecular formula is C13H17N3O2. The molecule has 0 spiro atoms. The number of aromatic nitrogens is 2. The Morgan fingerprint density at radius 2 is 2.11 bits per heavy atom. The van der Waals surface area contributed by atoms with Crippen molar-refractivity contribution < 1.29 is 9.15 Å². The highest BCUT2D eigenvalue weighted by molar-refractivity contribution is 5.39. The van der Waals surface area contributed by atoms with E-state index >= 15 is 0 Å². The minimum atomic E-state index is 0.0433. The molecule has 0 aliphatic heterocycles. The van der Waals surface area contributed by atoms with Gasteiger partial charge in [0.1, 0.15) is 17.9 Å². The maximum atomic E-state index is 5.51. The van der Waals surface area contributed by atoms with Crippen LogP contribution in [0.4, 0.5) is 5.82 Å². The zero-order valence-corrected chi connectivity index (χ0v) is 10.8. The summed E-state index contributed by atoms with van der Waals surface area (Å²) in [5.74, 6) is 2.14. The second-order valence-corrected chi connectivity index (χ2v) is 4.29. The van der Waals surface area contributed by atoms with E-state index in [1.165, 1.54) is 6.33 Å². The van der Waals surface area contributed by atoms with Crippen LogP contribution in [0, 0.1) is 0 Å². The Bertz CT molecular complexity index is 483. The predicted molar refractivity (Wildman–Crippen MR) is 68.5 cm³/mol. The van der Waals surface area contributed by atoms with Gasteiger partial charge in [-0.3, -0.25) is 0 Å². The first-order valence-electron chi connectivity index (χ1n) is 5.94. The van der Waals surface area contributed by atoms with Gasteiger partial charge in [0.25, 0.3) is 0 Å². The van der Waals surface area contributed by atoms with Gasteiger partial charge in [0.2, 0.25) is 5.88 Å². The summed E-state index contributed by atoms with van der Waals surface area (Å²) < 4.78 is 10.8. The summed E-state index contributed by atoms with van der Waals surface area (Å²) in [5, 5.41) is 3.23. The van der Waals surface area contributed by atoms with Crippen LogP contribution in [0.3, 0.4) is 0 Å². The van der Waals surface area contributed by atoms with Crippen LogP contribution in [0.15, 0.2) is 35.2 Å². The van der Waals surface area contributed by atoms with Crippen molar-refractivity contribution in [1.29, 1.82) is 0 Å². The van der Waals surface area contributed by atoms with Gasteiger partial charge in [0, 0.05) is 6.07 Å². The fourth-order valence-electron chi connectivity index (χ4n) is 1.55. The van der Waals surface area contributed by atoms with Gasteiger partial charge in [-0.15, -0.1) is 0 Å². The lowest BCUT2D eigenvalue weighted by molar-refractivity contribution is 0.232. The molecule has 0 amide bonds. The Labute approximate surface area is 106 Å². The van der Waals surface area contributed by atoms with Gasteiger partial charge in [-0.2, -0.15) is 0 Å². The maximum absolute atomic E-state index is 5.51. The summed E-state index contributed by atoms with van der Waals surface area (Å²) in [6.45, 7) is 5.92. The smallest absolute Gasteiger partial charge is 0.218 e. The van der Waals surface area contributed by atoms with Crippen molar-refractivity contribution in [1.82, 2.24) is 9.97 Å². The lowest BCUT2D eigenvalue weighted by Crippen LogP contribution is -2.10. The van der Waals surface area contributed by atoms with E-state index < -0.39 is 0 Å². The van der Waals surface area contributed by atoms with Gasteiger partial charge in [-0.25, -0.2) is 9.97 Å². The molecule has 0 aliphatic carbocycles. The molecule has 1 atom stereocenters. The van der Waals surface area contributed by atoms with E-state index in [2.05, 4.69) is 15.3 Å². The van der Waals surface area contributed by atoms with Crippen molar-refractivity contribution in [3.05, 3.63) is 36.5 Å². The molecule has 0 aliphatic rings. The monoisotopic (exact) mass is 247 g/mol. The second kappa shape index (κ2) is 5.53. The van der Waals surface area contributed by atoms with Crippen molar-refractivity contribution in [2.24, 2.45) is 0 Å². The van der Waals surface area contributed by atoms with Gasteiger partial charge in [0.15, 0.2) is 0 Å². The lowest BCUT2D eigenvalue weighted by Gasteiger charge is -2.13. The first-order chi connectivity index (χ1) is 8.65. The standard InChI is InChI=1S/C13H17N3O2/c1-9(2)18-13-7-12(14-8-15-13)16-10(3)11-5-4-6-17-11/h4-10H,1-3H3,(H,14,15,16). The first kappa shape index (κ1) is 12.4. The molecule has 1 N–H and O–H groups in total. The quantitative estimate of drug-likeness (QED) is 0.880. The molecule has 0 saturated carbocycles. The molecule has 0 bridgehead atoms. The SMILES string of the molecule is CC(C)Oc1cc(NC(C)c2ccco2)ncn1. The summed E-state index contributed by atoms with van der Waals surface area (Å²) in [5.41, 5.74) is 0. The summed E-state index contributed by atoms with van der Waals surface area (Å²) in [4.78, 5) is 8.21. The Morgan fingerprint density at radius 1 is 1.28 bits per heavy atom. The molecule has 0 saturated heterocycles. The van der Waals surface area contributed by atoms with Crippen molar-refractivity contribution in [3.63, 3.8) is 0 Å². The fraction of sp³-hybridized carbons (Fsp3) is 0.385. The second-order valence-electron chi connectivity index (χ2n) is 4.29. The Hall–Kier alpha value is -2.04. The molecule has 18 heavy (non-hydrogen) atoms. The van der Waals surface area contributed by atoms with E-state index in [1.54, 1.807) is 12.3 Å². The Kier molecular flexibility index (Phi) is 3.82. The third-order valence-corrected chi connectivity index (χ3v) is 2.33. The maximum Gasteiger partial charge on any atom is 0.218 e. The van der Waals surface area contributed by atoms with Crippen molar-refractivity contribution in [2.45, 2.75) is 32.9 Å². The number of ether oxygens (including phenoxy) is 1. The molecule has 1 unspecified atom stereocenters. The highest BCUT2D eigenvalue weighted by atomic mass is 16.5. The topological polar surface area (TPSA) is 60.2 Å². The normalized spacial score (nSPS) is 12.4. The Morgan fingerprint density at radius 3 is 2.78 bits per heavy atom. The zero-order valence-electron chi connectivity index (χ0n) is 10.8. The molecule has 96 valence electrons. The van der Waals surface area contributed by atoms with Crippen molar-refractivity contribution in [2.75, 3.05) is 5.32 Å². The van der Waals surface area contributed by atoms with Crippen LogP contribution in [0.1, 0.15) is 32.6 Å². The van der Waals surface area contributed by atoms with E-state index in [-0.39, 0.29) is 12.1 Å². The summed E-state index contributed by atoms with van der Waals surface area (Å²) >= 11 is 0. The van der Waals surface area contributed by atoms with E-state index in [4.69, 9.17) is 9.15 Å². The van der Waals surface area contributed by atoms with E-state index in [1.807, 2.05) is 32.9 Å². The van der Waals surface area contributed by atoms with Crippen LogP contribution in [-0.4, -0.2) is 16.1 Å². The number of nitrogens with one attached hydrogen (secondary N) is 1. The van der Waals surface area contributed by atoms with Gasteiger partial charge < -0.3 is 14.5 Å². The largest absolute Gasteiger partial charge is 0.475 e. The highest BCUT2D eigenvalue weighted by Crippen LogP contribution is 2.20. The molecule has 0 radical (unpaired) electrons. The minimum Gasteiger partial charge on any atom is -0.475 e. The number of hydrogen-bond acceptors (Lipinski definition) is 5. The van der Waals surface area contributed by atoms with Gasteiger partial charge >= 0.3 is 0 Å². The van der Waals surface area contributed by atoms with Gasteiger partial charge in [0.05, 0.1) is 18.4 Å². The molecule has 5 heteroatoms. The molecule has 0 fully saturated rings. The number of hydrogen-bond donors (Lipinski definition) is 1. The van der Waals surface area contributed by atoms with Crippen LogP contribution >= 0.6 is 0 Å². The molecule has 2 heterocycles. The third-order valence-electron chi connectivity index (χ3n) is 2.33. The summed E-state index contributed by atoms with van der Waals surface area (Å²) in [6.07, 6.45) is 3.23. The molecule has 2 aromatic heterocycles. The molecule has 2 rings (SSSR count). The highest BCUT2D eigenvalue weighted by Gasteiger charge is 2.09. The number of nitrogens with zero attached hydrogens (tertiary/aromatic N) is 2. The Balaban J connectivity index is 2.05. The van der Waals surface area contributed by atoms with Crippen LogP contribution in [0.2, 0.25) is 0 Å². The summed E-state index contributed by atoms with van der Waals surface area (Å²) in [6, 6.07) is 5.60. The number of anilines is 1. The molecule has 5 nitrogen and oxygen atoms in total. The average Bonchev–Trinajstić information content (AvgIpc) is 2.81. The average molecular weight is 247 g/mol. The van der Waals surface area contributed by atoms with Crippen molar-refractivity contribution in [3.8, 4) is 5.88 Å². The molecule has 2 aromatic rings. The molecular weight excluding hydrogens is 230 g/mol. The fourth-order valence-corrected chi connectivity index (χ4v) is 1.55. The third kappa shape index (κ3) is 3.23.